The summed E-state index contributed by atoms with van der Waals surface area (Å²) in [6.45, 7) is 3.57. The maximum atomic E-state index is 13.0. The van der Waals surface area contributed by atoms with Crippen LogP contribution in [0.5, 0.6) is 0 Å². The molecule has 1 aromatic rings. The Kier molecular flexibility index (Phi) is 6.85. The zero-order valence-electron chi connectivity index (χ0n) is 16.0. The number of halogens is 1. The van der Waals surface area contributed by atoms with Crippen LogP contribution in [0.1, 0.15) is 48.5 Å². The fourth-order valence-electron chi connectivity index (χ4n) is 3.51. The van der Waals surface area contributed by atoms with E-state index in [0.29, 0.717) is 24.3 Å². The number of benzene rings is 1. The average molecular weight is 451 g/mol. The lowest BCUT2D eigenvalue weighted by Gasteiger charge is -2.29. The molecule has 0 spiro atoms. The number of hydrogen-bond donors (Lipinski definition) is 1. The molecule has 0 amide bonds. The molecule has 7 nitrogen and oxygen atoms in total. The second kappa shape index (κ2) is 8.30. The zero-order chi connectivity index (χ0) is 19.9. The summed E-state index contributed by atoms with van der Waals surface area (Å²) in [7, 11) is -6.98. The largest absolute Gasteiger partial charge is 0.462 e. The van der Waals surface area contributed by atoms with Gasteiger partial charge >= 0.3 is 5.97 Å². The molecule has 0 radical (unpaired) electrons. The number of rotatable bonds is 5. The van der Waals surface area contributed by atoms with E-state index in [1.54, 1.807) is 13.8 Å². The molecule has 1 saturated carbocycles. The first kappa shape index (κ1) is 23.1. The van der Waals surface area contributed by atoms with Crippen molar-refractivity contribution < 1.29 is 22.2 Å². The number of nitrogens with zero attached hydrogens (tertiary/aromatic N) is 1. The number of ether oxygens (including phenoxy) is 1. The SMILES string of the molecule is CCOC(=O)c1cc(S(=O)(=O)N=S2(=O)CCC(C3(N)CC3)CC2)ccc1C.Cl. The van der Waals surface area contributed by atoms with Gasteiger partial charge < -0.3 is 10.5 Å². The van der Waals surface area contributed by atoms with E-state index in [-0.39, 0.29) is 46.5 Å². The lowest BCUT2D eigenvalue weighted by Crippen LogP contribution is -2.38. The molecule has 1 aliphatic heterocycles. The summed E-state index contributed by atoms with van der Waals surface area (Å²) in [4.78, 5) is 11.9. The molecule has 3 rings (SSSR count). The summed E-state index contributed by atoms with van der Waals surface area (Å²) in [6.07, 6.45) is 3.23. The average Bonchev–Trinajstić information content (AvgIpc) is 3.33. The van der Waals surface area contributed by atoms with E-state index < -0.39 is 25.7 Å². The lowest BCUT2D eigenvalue weighted by molar-refractivity contribution is 0.0525. The molecule has 1 aromatic carbocycles. The second-order valence-electron chi connectivity index (χ2n) is 7.44. The second-order valence-corrected chi connectivity index (χ2v) is 11.8. The van der Waals surface area contributed by atoms with Gasteiger partial charge in [-0.2, -0.15) is 8.42 Å². The molecule has 158 valence electrons. The van der Waals surface area contributed by atoms with Crippen molar-refractivity contribution in [2.24, 2.45) is 15.4 Å². The van der Waals surface area contributed by atoms with Crippen LogP contribution in [-0.4, -0.2) is 42.2 Å². The van der Waals surface area contributed by atoms with Crippen LogP contribution >= 0.6 is 12.4 Å². The summed E-state index contributed by atoms with van der Waals surface area (Å²) in [5.41, 5.74) is 6.86. The minimum absolute atomic E-state index is 0. The number of sulfonamides is 1. The highest BCUT2D eigenvalue weighted by molar-refractivity contribution is 8.03. The fourth-order valence-corrected chi connectivity index (χ4v) is 7.90. The van der Waals surface area contributed by atoms with Crippen LogP contribution in [0.25, 0.3) is 0 Å². The van der Waals surface area contributed by atoms with Gasteiger partial charge in [-0.3, -0.25) is 0 Å². The van der Waals surface area contributed by atoms with Crippen LogP contribution < -0.4 is 5.73 Å². The maximum absolute atomic E-state index is 13.0. The minimum Gasteiger partial charge on any atom is -0.462 e. The van der Waals surface area contributed by atoms with Crippen LogP contribution in [0.4, 0.5) is 0 Å². The Morgan fingerprint density at radius 1 is 1.32 bits per heavy atom. The van der Waals surface area contributed by atoms with Crippen molar-refractivity contribution in [2.45, 2.75) is 50.0 Å². The molecule has 1 heterocycles. The summed E-state index contributed by atoms with van der Waals surface area (Å²) in [5.74, 6) is 0.188. The molecule has 28 heavy (non-hydrogen) atoms. The van der Waals surface area contributed by atoms with Gasteiger partial charge in [0.15, 0.2) is 0 Å². The van der Waals surface area contributed by atoms with Gasteiger partial charge in [-0.05, 0) is 63.1 Å². The van der Waals surface area contributed by atoms with Gasteiger partial charge in [-0.15, -0.1) is 16.2 Å². The van der Waals surface area contributed by atoms with Crippen molar-refractivity contribution in [1.29, 1.82) is 0 Å². The summed E-state index contributed by atoms with van der Waals surface area (Å²) >= 11 is 0. The molecule has 0 unspecified atom stereocenters. The van der Waals surface area contributed by atoms with Crippen molar-refractivity contribution in [1.82, 2.24) is 0 Å². The Morgan fingerprint density at radius 3 is 2.46 bits per heavy atom. The first-order chi connectivity index (χ1) is 12.6. The molecule has 0 atom stereocenters. The molecule has 2 aliphatic rings. The monoisotopic (exact) mass is 450 g/mol. The Morgan fingerprint density at radius 2 is 1.93 bits per heavy atom. The highest BCUT2D eigenvalue weighted by Gasteiger charge is 2.47. The summed E-state index contributed by atoms with van der Waals surface area (Å²) in [6, 6.07) is 4.16. The third kappa shape index (κ3) is 4.87. The van der Waals surface area contributed by atoms with E-state index in [1.807, 2.05) is 0 Å². The lowest BCUT2D eigenvalue weighted by atomic mass is 9.92. The fraction of sp³-hybridized carbons (Fsp3) is 0.611. The van der Waals surface area contributed by atoms with Crippen molar-refractivity contribution in [3.05, 3.63) is 29.3 Å². The van der Waals surface area contributed by atoms with Gasteiger partial charge in [-0.25, -0.2) is 9.00 Å². The summed E-state index contributed by atoms with van der Waals surface area (Å²) < 4.78 is 47.2. The predicted octanol–water partition coefficient (Wildman–Crippen LogP) is 2.65. The minimum atomic E-state index is -4.13. The molecule has 2 N–H and O–H groups in total. The quantitative estimate of drug-likeness (QED) is 0.689. The number of esters is 1. The van der Waals surface area contributed by atoms with E-state index in [0.717, 1.165) is 12.8 Å². The van der Waals surface area contributed by atoms with E-state index in [4.69, 9.17) is 10.5 Å². The van der Waals surface area contributed by atoms with Crippen LogP contribution in [-0.2, 0) is 24.5 Å². The third-order valence-corrected chi connectivity index (χ3v) is 9.92. The Hall–Kier alpha value is -1.16. The van der Waals surface area contributed by atoms with Crippen molar-refractivity contribution in [3.63, 3.8) is 0 Å². The molecule has 0 aromatic heterocycles. The molecule has 1 aliphatic carbocycles. The highest BCUT2D eigenvalue weighted by atomic mass is 35.5. The Balaban J connectivity index is 0.00000280. The third-order valence-electron chi connectivity index (χ3n) is 5.45. The number of nitrogens with two attached hydrogens (primary N) is 1. The molecular weight excluding hydrogens is 424 g/mol. The van der Waals surface area contributed by atoms with E-state index >= 15 is 0 Å². The van der Waals surface area contributed by atoms with Crippen LogP contribution in [0.15, 0.2) is 26.9 Å². The van der Waals surface area contributed by atoms with Gasteiger partial charge in [0.05, 0.1) is 26.8 Å². The van der Waals surface area contributed by atoms with E-state index in [1.165, 1.54) is 18.2 Å². The standard InChI is InChI=1S/C18H26N2O5S2.ClH/c1-3-25-17(21)16-12-15(5-4-13(16)2)27(23,24)20-26(22)10-6-14(7-11-26)18(19)8-9-18;/h4-5,12,14H,3,6-11,19H2,1-2H3;1H. The first-order valence-electron chi connectivity index (χ1n) is 9.14. The Labute approximate surface area is 173 Å². The van der Waals surface area contributed by atoms with Gasteiger partial charge in [0.25, 0.3) is 10.0 Å². The molecule has 10 heteroatoms. The van der Waals surface area contributed by atoms with Crippen LogP contribution in [0.2, 0.25) is 0 Å². The van der Waals surface area contributed by atoms with E-state index in [9.17, 15) is 17.4 Å². The number of carbonyl (C=O) groups is 1. The van der Waals surface area contributed by atoms with Gasteiger partial charge in [0.1, 0.15) is 0 Å². The topological polar surface area (TPSA) is 116 Å². The van der Waals surface area contributed by atoms with Crippen molar-refractivity contribution >= 4 is 38.1 Å². The number of aryl methyl sites for hydroxylation is 1. The Bertz CT molecular complexity index is 966. The highest BCUT2D eigenvalue weighted by Crippen LogP contribution is 2.44. The smallest absolute Gasteiger partial charge is 0.338 e. The summed E-state index contributed by atoms with van der Waals surface area (Å²) in [5, 5.41) is 0. The molecule has 2 fully saturated rings. The predicted molar refractivity (Wildman–Crippen MR) is 111 cm³/mol. The van der Waals surface area contributed by atoms with Crippen molar-refractivity contribution in [3.8, 4) is 0 Å². The van der Waals surface area contributed by atoms with Gasteiger partial charge in [0, 0.05) is 17.0 Å². The van der Waals surface area contributed by atoms with Crippen molar-refractivity contribution in [2.75, 3.05) is 18.1 Å². The number of hydrogen-bond acceptors (Lipinski definition) is 6. The van der Waals surface area contributed by atoms with Gasteiger partial charge in [-0.1, -0.05) is 6.07 Å². The van der Waals surface area contributed by atoms with Crippen LogP contribution in [0, 0.1) is 12.8 Å². The van der Waals surface area contributed by atoms with E-state index in [2.05, 4.69) is 3.77 Å². The molecule has 0 bridgehead atoms. The van der Waals surface area contributed by atoms with Gasteiger partial charge in [0.2, 0.25) is 0 Å². The molecule has 1 saturated heterocycles. The van der Waals surface area contributed by atoms with Crippen LogP contribution in [0.3, 0.4) is 0 Å². The normalized spacial score (nSPS) is 26.0. The molecular formula is C18H27ClN2O5S2. The number of carbonyl (C=O) groups excluding carboxylic acids is 1. The maximum Gasteiger partial charge on any atom is 0.338 e. The first-order valence-corrected chi connectivity index (χ1v) is 12.4. The zero-order valence-corrected chi connectivity index (χ0v) is 18.5.